The molecule has 2 heteroatoms. The summed E-state index contributed by atoms with van der Waals surface area (Å²) in [4.78, 5) is 2.46. The first-order valence-corrected chi connectivity index (χ1v) is 23.6. The molecule has 2 nitrogen and oxygen atoms in total. The Morgan fingerprint density at radius 2 is 0.985 bits per heavy atom. The van der Waals surface area contributed by atoms with Crippen LogP contribution in [0.2, 0.25) is 0 Å². The number of aryl methyl sites for hydroxylation is 1. The summed E-state index contributed by atoms with van der Waals surface area (Å²) in [6, 6.07) is 78.9. The monoisotopic (exact) mass is 853 g/mol. The summed E-state index contributed by atoms with van der Waals surface area (Å²) in [6.45, 7) is 12.0. The van der Waals surface area contributed by atoms with Gasteiger partial charge in [-0.15, -0.1) is 0 Å². The fourth-order valence-electron chi connectivity index (χ4n) is 10.9. The molecular weight excluding hydrogens is 799 g/mol. The van der Waals surface area contributed by atoms with Crippen LogP contribution in [0.5, 0.6) is 5.75 Å². The molecule has 322 valence electrons. The summed E-state index contributed by atoms with van der Waals surface area (Å²) in [7, 11) is 0. The minimum absolute atomic E-state index is 0.140. The van der Waals surface area contributed by atoms with Crippen molar-refractivity contribution < 1.29 is 4.74 Å². The van der Waals surface area contributed by atoms with E-state index in [4.69, 9.17) is 4.74 Å². The van der Waals surface area contributed by atoms with Gasteiger partial charge in [-0.05, 0) is 146 Å². The van der Waals surface area contributed by atoms with Crippen LogP contribution in [0.3, 0.4) is 0 Å². The lowest BCUT2D eigenvalue weighted by molar-refractivity contribution is 0.306. The molecular formula is C64H55NO. The molecule has 0 radical (unpaired) electrons. The molecule has 2 aliphatic rings. The van der Waals surface area contributed by atoms with Gasteiger partial charge in [0.1, 0.15) is 12.4 Å². The normalized spacial score (nSPS) is 15.6. The van der Waals surface area contributed by atoms with Crippen molar-refractivity contribution in [3.05, 3.63) is 262 Å². The van der Waals surface area contributed by atoms with Gasteiger partial charge in [0, 0.05) is 22.5 Å². The fourth-order valence-corrected chi connectivity index (χ4v) is 10.9. The number of anilines is 3. The molecule has 2 atom stereocenters. The second-order valence-corrected chi connectivity index (χ2v) is 18.9. The number of benzene rings is 9. The van der Waals surface area contributed by atoms with Crippen molar-refractivity contribution in [3.8, 4) is 39.1 Å². The summed E-state index contributed by atoms with van der Waals surface area (Å²) in [5.41, 5.74) is 21.7. The average molecular weight is 854 g/mol. The van der Waals surface area contributed by atoms with Gasteiger partial charge in [0.05, 0.1) is 5.41 Å². The maximum Gasteiger partial charge on any atom is 0.119 e. The molecule has 0 aromatic heterocycles. The summed E-state index contributed by atoms with van der Waals surface area (Å²) < 4.78 is 6.48. The van der Waals surface area contributed by atoms with Gasteiger partial charge in [0.25, 0.3) is 0 Å². The number of nitrogens with zero attached hydrogens (tertiary/aromatic N) is 1. The maximum atomic E-state index is 6.48. The van der Waals surface area contributed by atoms with Gasteiger partial charge in [-0.3, -0.25) is 0 Å². The smallest absolute Gasteiger partial charge is 0.119 e. The number of hydrogen-bond donors (Lipinski definition) is 0. The van der Waals surface area contributed by atoms with Crippen LogP contribution in [0, 0.1) is 6.92 Å². The first-order chi connectivity index (χ1) is 32.2. The van der Waals surface area contributed by atoms with Crippen molar-refractivity contribution in [1.82, 2.24) is 0 Å². The van der Waals surface area contributed by atoms with E-state index in [9.17, 15) is 0 Å². The van der Waals surface area contributed by atoms with Gasteiger partial charge in [0.15, 0.2) is 0 Å². The van der Waals surface area contributed by atoms with Crippen molar-refractivity contribution in [2.24, 2.45) is 0 Å². The van der Waals surface area contributed by atoms with Crippen molar-refractivity contribution in [1.29, 1.82) is 0 Å². The van der Waals surface area contributed by atoms with E-state index in [-0.39, 0.29) is 5.41 Å². The molecule has 0 aliphatic heterocycles. The minimum Gasteiger partial charge on any atom is -0.489 e. The second kappa shape index (κ2) is 16.5. The van der Waals surface area contributed by atoms with Crippen molar-refractivity contribution in [2.75, 3.05) is 4.90 Å². The van der Waals surface area contributed by atoms with Crippen LogP contribution < -0.4 is 9.64 Å². The first-order valence-electron chi connectivity index (χ1n) is 23.6. The van der Waals surface area contributed by atoms with Gasteiger partial charge in [-0.1, -0.05) is 197 Å². The van der Waals surface area contributed by atoms with Crippen molar-refractivity contribution >= 4 is 17.1 Å². The Labute approximate surface area is 390 Å². The van der Waals surface area contributed by atoms with Crippen LogP contribution in [-0.2, 0) is 17.4 Å². The predicted octanol–water partition coefficient (Wildman–Crippen LogP) is 16.9. The Bertz CT molecular complexity index is 3200. The van der Waals surface area contributed by atoms with Crippen LogP contribution in [0.4, 0.5) is 17.1 Å². The summed E-state index contributed by atoms with van der Waals surface area (Å²) >= 11 is 0. The second-order valence-electron chi connectivity index (χ2n) is 18.9. The third kappa shape index (κ3) is 6.86. The van der Waals surface area contributed by atoms with Gasteiger partial charge in [-0.25, -0.2) is 0 Å². The zero-order chi connectivity index (χ0) is 45.0. The molecule has 9 aromatic rings. The van der Waals surface area contributed by atoms with Crippen LogP contribution in [0.1, 0.15) is 90.1 Å². The quantitative estimate of drug-likeness (QED) is 0.129. The van der Waals surface area contributed by atoms with Crippen molar-refractivity contribution in [2.45, 2.75) is 64.4 Å². The van der Waals surface area contributed by atoms with Gasteiger partial charge in [-0.2, -0.15) is 0 Å². The molecule has 0 N–H and O–H groups in total. The molecule has 0 saturated carbocycles. The van der Waals surface area contributed by atoms with Gasteiger partial charge in [0.2, 0.25) is 0 Å². The zero-order valence-corrected chi connectivity index (χ0v) is 38.6. The van der Waals surface area contributed by atoms with Crippen LogP contribution in [-0.4, -0.2) is 0 Å². The van der Waals surface area contributed by atoms with Crippen LogP contribution >= 0.6 is 0 Å². The molecule has 2 aliphatic carbocycles. The highest BCUT2D eigenvalue weighted by molar-refractivity contribution is 5.91. The highest BCUT2D eigenvalue weighted by Gasteiger charge is 2.46. The van der Waals surface area contributed by atoms with Gasteiger partial charge >= 0.3 is 0 Å². The molecule has 0 spiro atoms. The Morgan fingerprint density at radius 1 is 0.470 bits per heavy atom. The number of ether oxygens (including phenoxy) is 1. The largest absolute Gasteiger partial charge is 0.489 e. The van der Waals surface area contributed by atoms with E-state index in [2.05, 4.69) is 252 Å². The molecule has 0 heterocycles. The van der Waals surface area contributed by atoms with Gasteiger partial charge < -0.3 is 9.64 Å². The Hall–Kier alpha value is -7.42. The van der Waals surface area contributed by atoms with E-state index < -0.39 is 5.41 Å². The number of rotatable bonds is 11. The standard InChI is InChI=1S/C64H55NO/c1-6-44(3)46-24-22-45(23-25-46)42-66-54-36-30-50(31-37-54)64(49-28-20-43(2)21-29-49)60-19-13-11-17-56(60)58-39-35-53(41-62(58)64)65(51-32-26-48(27-33-51)47-14-8-7-9-15-47)52-34-38-57-55-16-10-12-18-59(55)63(4,5)61(57)40-52/h7-41,44H,6,42H2,1-5H3. The molecule has 0 fully saturated rings. The highest BCUT2D eigenvalue weighted by atomic mass is 16.5. The topological polar surface area (TPSA) is 12.5 Å². The van der Waals surface area contributed by atoms with Crippen LogP contribution in [0.25, 0.3) is 33.4 Å². The summed E-state index contributed by atoms with van der Waals surface area (Å²) in [6.07, 6.45) is 1.13. The first kappa shape index (κ1) is 41.3. The maximum absolute atomic E-state index is 6.48. The lowest BCUT2D eigenvalue weighted by Crippen LogP contribution is -2.29. The minimum atomic E-state index is -0.593. The summed E-state index contributed by atoms with van der Waals surface area (Å²) in [5.74, 6) is 1.41. The average Bonchev–Trinajstić information content (AvgIpc) is 3.79. The Morgan fingerprint density at radius 3 is 1.64 bits per heavy atom. The van der Waals surface area contributed by atoms with Crippen LogP contribution in [0.15, 0.2) is 212 Å². The third-order valence-corrected chi connectivity index (χ3v) is 14.7. The zero-order valence-electron chi connectivity index (χ0n) is 38.6. The molecule has 66 heavy (non-hydrogen) atoms. The van der Waals surface area contributed by atoms with E-state index in [1.807, 2.05) is 0 Å². The predicted molar refractivity (Wildman–Crippen MR) is 276 cm³/mol. The van der Waals surface area contributed by atoms with E-state index >= 15 is 0 Å². The molecule has 9 aromatic carbocycles. The lowest BCUT2D eigenvalue weighted by atomic mass is 9.67. The van der Waals surface area contributed by atoms with E-state index in [0.29, 0.717) is 12.5 Å². The SMILES string of the molecule is CCC(C)c1ccc(COc2ccc(C3(c4ccc(C)cc4)c4ccccc4-c4ccc(N(c5ccc(-c6ccccc6)cc5)c5ccc6c(c5)C(C)(C)c5ccccc5-6)cc43)cc2)cc1. The molecule has 0 amide bonds. The molecule has 0 bridgehead atoms. The fraction of sp³-hybridized carbons (Fsp3) is 0.156. The summed E-state index contributed by atoms with van der Waals surface area (Å²) in [5, 5.41) is 0. The van der Waals surface area contributed by atoms with E-state index in [0.717, 1.165) is 29.2 Å². The number of hydrogen-bond acceptors (Lipinski definition) is 2. The van der Waals surface area contributed by atoms with Crippen molar-refractivity contribution in [3.63, 3.8) is 0 Å². The van der Waals surface area contributed by atoms with E-state index in [1.165, 1.54) is 83.5 Å². The Balaban J connectivity index is 1.06. The third-order valence-electron chi connectivity index (χ3n) is 14.7. The highest BCUT2D eigenvalue weighted by Crippen LogP contribution is 2.58. The molecule has 2 unspecified atom stereocenters. The Kier molecular flexibility index (Phi) is 10.3. The number of fused-ring (bicyclic) bond motifs is 6. The van der Waals surface area contributed by atoms with E-state index in [1.54, 1.807) is 0 Å². The molecule has 0 saturated heterocycles. The molecule has 11 rings (SSSR count). The lowest BCUT2D eigenvalue weighted by Gasteiger charge is -2.35.